The second-order valence-electron chi connectivity index (χ2n) is 6.86. The Morgan fingerprint density at radius 3 is 2.44 bits per heavy atom. The van der Waals surface area contributed by atoms with E-state index < -0.39 is 11.9 Å². The third kappa shape index (κ3) is 6.33. The molecule has 0 spiro atoms. The molecule has 1 aliphatic rings. The molecule has 0 aliphatic heterocycles. The van der Waals surface area contributed by atoms with Gasteiger partial charge in [-0.3, -0.25) is 4.79 Å². The fraction of sp³-hybridized carbons (Fsp3) is 0.684. The van der Waals surface area contributed by atoms with Crippen molar-refractivity contribution in [1.82, 2.24) is 4.98 Å². The number of hydrogen-bond donors (Lipinski definition) is 0. The summed E-state index contributed by atoms with van der Waals surface area (Å²) in [6.07, 6.45) is 6.39. The van der Waals surface area contributed by atoms with Gasteiger partial charge in [0.15, 0.2) is 0 Å². The molecule has 140 valence electrons. The number of hydrogen-bond acceptors (Lipinski definition) is 3. The molecule has 0 atom stereocenters. The van der Waals surface area contributed by atoms with Gasteiger partial charge in [-0.1, -0.05) is 39.0 Å². The van der Waals surface area contributed by atoms with Crippen LogP contribution in [0.15, 0.2) is 18.3 Å². The number of carbonyl (C=O) groups excluding carboxylic acids is 1. The Morgan fingerprint density at radius 2 is 1.88 bits per heavy atom. The fourth-order valence-electron chi connectivity index (χ4n) is 3.35. The first kappa shape index (κ1) is 19.7. The summed E-state index contributed by atoms with van der Waals surface area (Å²) in [5.74, 6) is 0.244. The Labute approximate surface area is 147 Å². The number of halogens is 3. The Hall–Kier alpha value is -1.59. The number of esters is 1. The molecule has 0 saturated heterocycles. The molecule has 0 bridgehead atoms. The summed E-state index contributed by atoms with van der Waals surface area (Å²) in [4.78, 5) is 15.5. The quantitative estimate of drug-likeness (QED) is 0.458. The summed E-state index contributed by atoms with van der Waals surface area (Å²) < 4.78 is 42.6. The van der Waals surface area contributed by atoms with Crippen LogP contribution in [0.3, 0.4) is 0 Å². The Morgan fingerprint density at radius 1 is 1.16 bits per heavy atom. The third-order valence-corrected chi connectivity index (χ3v) is 4.89. The van der Waals surface area contributed by atoms with E-state index in [0.717, 1.165) is 44.0 Å². The van der Waals surface area contributed by atoms with E-state index >= 15 is 0 Å². The van der Waals surface area contributed by atoms with E-state index in [1.54, 1.807) is 0 Å². The van der Waals surface area contributed by atoms with Crippen LogP contribution < -0.4 is 4.74 Å². The van der Waals surface area contributed by atoms with Crippen LogP contribution in [0.25, 0.3) is 0 Å². The van der Waals surface area contributed by atoms with Gasteiger partial charge in [-0.2, -0.15) is 13.2 Å². The van der Waals surface area contributed by atoms with Crippen LogP contribution in [0, 0.1) is 11.8 Å². The first-order chi connectivity index (χ1) is 11.9. The van der Waals surface area contributed by atoms with Gasteiger partial charge in [0.25, 0.3) is 0 Å². The van der Waals surface area contributed by atoms with Crippen molar-refractivity contribution in [2.24, 2.45) is 11.8 Å². The Bertz CT molecular complexity index is 535. The smallest absolute Gasteiger partial charge is 0.425 e. The lowest BCUT2D eigenvalue weighted by Gasteiger charge is -2.27. The minimum Gasteiger partial charge on any atom is -0.425 e. The maximum atomic E-state index is 12.5. The number of aromatic nitrogens is 1. The first-order valence-electron chi connectivity index (χ1n) is 9.15. The van der Waals surface area contributed by atoms with Crippen LogP contribution in [0.2, 0.25) is 0 Å². The van der Waals surface area contributed by atoms with Crippen LogP contribution in [0.1, 0.15) is 70.4 Å². The maximum Gasteiger partial charge on any atom is 0.433 e. The normalized spacial score (nSPS) is 21.1. The van der Waals surface area contributed by atoms with Gasteiger partial charge in [0.1, 0.15) is 11.4 Å². The summed E-state index contributed by atoms with van der Waals surface area (Å²) in [7, 11) is 0. The fourth-order valence-corrected chi connectivity index (χ4v) is 3.35. The van der Waals surface area contributed by atoms with E-state index in [9.17, 15) is 18.0 Å². The molecule has 1 fully saturated rings. The summed E-state index contributed by atoms with van der Waals surface area (Å²) in [6, 6.07) is 1.98. The number of pyridine rings is 1. The van der Waals surface area contributed by atoms with Crippen molar-refractivity contribution in [3.8, 4) is 5.75 Å². The highest BCUT2D eigenvalue weighted by atomic mass is 19.4. The van der Waals surface area contributed by atoms with Crippen molar-refractivity contribution in [1.29, 1.82) is 0 Å². The van der Waals surface area contributed by atoms with Gasteiger partial charge in [0.05, 0.1) is 12.1 Å². The topological polar surface area (TPSA) is 39.2 Å². The van der Waals surface area contributed by atoms with Crippen molar-refractivity contribution in [2.75, 3.05) is 0 Å². The van der Waals surface area contributed by atoms with Gasteiger partial charge in [0, 0.05) is 0 Å². The van der Waals surface area contributed by atoms with Crippen LogP contribution in [0.4, 0.5) is 13.2 Å². The highest BCUT2D eigenvalue weighted by molar-refractivity contribution is 5.75. The van der Waals surface area contributed by atoms with Gasteiger partial charge >= 0.3 is 12.1 Å². The maximum absolute atomic E-state index is 12.5. The molecule has 0 amide bonds. The molecule has 2 rings (SSSR count). The number of carbonyl (C=O) groups is 1. The van der Waals surface area contributed by atoms with Crippen molar-refractivity contribution in [3.63, 3.8) is 0 Å². The predicted octanol–water partition coefficient (Wildman–Crippen LogP) is 5.78. The van der Waals surface area contributed by atoms with Gasteiger partial charge in [-0.15, -0.1) is 0 Å². The molecule has 1 aliphatic carbocycles. The van der Waals surface area contributed by atoms with E-state index in [2.05, 4.69) is 11.9 Å². The van der Waals surface area contributed by atoms with Gasteiger partial charge in [-0.05, 0) is 43.7 Å². The van der Waals surface area contributed by atoms with E-state index in [0.29, 0.717) is 5.92 Å². The SMILES string of the molecule is CCCCCC[C@H]1CC[C@H](C(=O)Oc2ccc(C(F)(F)F)nc2)CC1. The summed E-state index contributed by atoms with van der Waals surface area (Å²) in [5, 5.41) is 0. The van der Waals surface area contributed by atoms with Crippen LogP contribution in [0.5, 0.6) is 5.75 Å². The summed E-state index contributed by atoms with van der Waals surface area (Å²) in [6.45, 7) is 2.20. The second kappa shape index (κ2) is 9.20. The molecule has 1 aromatic rings. The lowest BCUT2D eigenvalue weighted by Crippen LogP contribution is -2.25. The molecular weight excluding hydrogens is 331 g/mol. The highest BCUT2D eigenvalue weighted by Gasteiger charge is 2.32. The molecule has 0 unspecified atom stereocenters. The zero-order valence-electron chi connectivity index (χ0n) is 14.6. The van der Waals surface area contributed by atoms with E-state index in [4.69, 9.17) is 4.74 Å². The number of unbranched alkanes of at least 4 members (excludes halogenated alkanes) is 3. The Balaban J connectivity index is 1.75. The number of nitrogens with zero attached hydrogens (tertiary/aromatic N) is 1. The first-order valence-corrected chi connectivity index (χ1v) is 9.15. The lowest BCUT2D eigenvalue weighted by atomic mass is 9.80. The average Bonchev–Trinajstić information content (AvgIpc) is 2.59. The largest absolute Gasteiger partial charge is 0.433 e. The van der Waals surface area contributed by atoms with E-state index in [-0.39, 0.29) is 17.6 Å². The number of ether oxygens (including phenoxy) is 1. The van der Waals surface area contributed by atoms with E-state index in [1.165, 1.54) is 32.1 Å². The zero-order chi connectivity index (χ0) is 18.3. The van der Waals surface area contributed by atoms with Gasteiger partial charge < -0.3 is 4.74 Å². The molecule has 0 radical (unpaired) electrons. The molecule has 3 nitrogen and oxygen atoms in total. The van der Waals surface area contributed by atoms with Crippen LogP contribution in [-0.4, -0.2) is 11.0 Å². The Kier molecular flexibility index (Phi) is 7.26. The van der Waals surface area contributed by atoms with Crippen molar-refractivity contribution < 1.29 is 22.7 Å². The molecule has 25 heavy (non-hydrogen) atoms. The number of alkyl halides is 3. The van der Waals surface area contributed by atoms with E-state index in [1.807, 2.05) is 0 Å². The lowest BCUT2D eigenvalue weighted by molar-refractivity contribution is -0.141. The molecule has 1 aromatic heterocycles. The number of rotatable bonds is 7. The predicted molar refractivity (Wildman–Crippen MR) is 89.1 cm³/mol. The molecular formula is C19H26F3NO2. The molecule has 0 N–H and O–H groups in total. The summed E-state index contributed by atoms with van der Waals surface area (Å²) in [5.41, 5.74) is -0.990. The minimum absolute atomic E-state index is 0.0692. The minimum atomic E-state index is -4.49. The molecule has 1 saturated carbocycles. The van der Waals surface area contributed by atoms with Crippen molar-refractivity contribution in [2.45, 2.75) is 70.9 Å². The van der Waals surface area contributed by atoms with Gasteiger partial charge in [-0.25, -0.2) is 4.98 Å². The highest BCUT2D eigenvalue weighted by Crippen LogP contribution is 2.33. The second-order valence-corrected chi connectivity index (χ2v) is 6.86. The van der Waals surface area contributed by atoms with Crippen LogP contribution >= 0.6 is 0 Å². The van der Waals surface area contributed by atoms with Gasteiger partial charge in [0.2, 0.25) is 0 Å². The average molecular weight is 357 g/mol. The van der Waals surface area contributed by atoms with Crippen LogP contribution in [-0.2, 0) is 11.0 Å². The summed E-state index contributed by atoms with van der Waals surface area (Å²) >= 11 is 0. The third-order valence-electron chi connectivity index (χ3n) is 4.89. The molecule has 1 heterocycles. The van der Waals surface area contributed by atoms with Crippen molar-refractivity contribution in [3.05, 3.63) is 24.0 Å². The standard InChI is InChI=1S/C19H26F3NO2/c1-2-3-4-5-6-14-7-9-15(10-8-14)18(24)25-16-11-12-17(23-13-16)19(20,21)22/h11-15H,2-10H2,1H3/t14-,15-. The molecule has 0 aromatic carbocycles. The molecule has 6 heteroatoms. The monoisotopic (exact) mass is 357 g/mol. The zero-order valence-corrected chi connectivity index (χ0v) is 14.6. The van der Waals surface area contributed by atoms with Crippen molar-refractivity contribution >= 4 is 5.97 Å².